The van der Waals surface area contributed by atoms with Gasteiger partial charge in [-0.2, -0.15) is 10.2 Å². The van der Waals surface area contributed by atoms with Gasteiger partial charge in [0.05, 0.1) is 21.3 Å². The maximum absolute atomic E-state index is 16.9. The first-order valence-corrected chi connectivity index (χ1v) is 15.2. The molecule has 2 fully saturated rings. The lowest BCUT2D eigenvalue weighted by molar-refractivity contribution is -0.00320. The zero-order valence-corrected chi connectivity index (χ0v) is 25.8. The molecule has 2 aliphatic heterocycles. The van der Waals surface area contributed by atoms with Gasteiger partial charge in [0, 0.05) is 66.7 Å². The Balaban J connectivity index is 1.44. The number of hydrogen-bond donors (Lipinski definition) is 2. The highest BCUT2D eigenvalue weighted by atomic mass is 35.5. The fourth-order valence-corrected chi connectivity index (χ4v) is 7.96. The van der Waals surface area contributed by atoms with Gasteiger partial charge in [-0.25, -0.2) is 18.7 Å². The van der Waals surface area contributed by atoms with Gasteiger partial charge in [-0.3, -0.25) is 0 Å². The Morgan fingerprint density at radius 3 is 2.59 bits per heavy atom. The molecule has 7 rings (SSSR count). The van der Waals surface area contributed by atoms with Crippen LogP contribution in [0.2, 0.25) is 5.02 Å². The van der Waals surface area contributed by atoms with Crippen LogP contribution in [0.1, 0.15) is 24.1 Å². The smallest absolute Gasteiger partial charge is 0.228 e. The number of fused-ring (bicyclic) bond motifs is 2. The molecule has 3 aromatic heterocycles. The first-order valence-electron chi connectivity index (χ1n) is 14.0. The van der Waals surface area contributed by atoms with Gasteiger partial charge in [-0.1, -0.05) is 23.7 Å². The molecule has 0 aliphatic carbocycles. The minimum absolute atomic E-state index is 0.0157. The van der Waals surface area contributed by atoms with Crippen molar-refractivity contribution in [3.63, 3.8) is 0 Å². The van der Waals surface area contributed by atoms with E-state index in [1.165, 1.54) is 12.1 Å². The molecule has 5 heterocycles. The summed E-state index contributed by atoms with van der Waals surface area (Å²) in [6.07, 6.45) is 1.63. The average molecular weight is 632 g/mol. The molecule has 224 valence electrons. The monoisotopic (exact) mass is 631 g/mol. The number of nitriles is 1. The largest absolute Gasteiger partial charge is 0.389 e. The van der Waals surface area contributed by atoms with Gasteiger partial charge in [0.1, 0.15) is 34.0 Å². The minimum atomic E-state index is -0.695. The number of halogens is 3. The van der Waals surface area contributed by atoms with Crippen molar-refractivity contribution in [1.29, 1.82) is 5.26 Å². The van der Waals surface area contributed by atoms with Crippen molar-refractivity contribution in [3.05, 3.63) is 64.3 Å². The number of pyridine rings is 1. The maximum atomic E-state index is 16.9. The first-order chi connectivity index (χ1) is 21.0. The van der Waals surface area contributed by atoms with E-state index in [9.17, 15) is 9.65 Å². The van der Waals surface area contributed by atoms with Crippen LogP contribution in [-0.4, -0.2) is 60.1 Å². The van der Waals surface area contributed by atoms with E-state index in [-0.39, 0.29) is 53.8 Å². The summed E-state index contributed by atoms with van der Waals surface area (Å²) in [4.78, 5) is 20.2. The molecule has 1 spiro atoms. The highest BCUT2D eigenvalue weighted by Crippen LogP contribution is 2.47. The molecular formula is C31H28ClF2N9S. The van der Waals surface area contributed by atoms with Crippen LogP contribution in [0.15, 0.2) is 36.5 Å². The van der Waals surface area contributed by atoms with Crippen LogP contribution >= 0.6 is 22.9 Å². The number of rotatable bonds is 5. The van der Waals surface area contributed by atoms with Gasteiger partial charge >= 0.3 is 0 Å². The number of hydrogen-bond acceptors (Lipinski definition) is 10. The molecule has 5 aromatic rings. The fourth-order valence-electron chi connectivity index (χ4n) is 6.71. The molecule has 2 aliphatic rings. The summed E-state index contributed by atoms with van der Waals surface area (Å²) in [5.74, 6) is 0.0186. The summed E-state index contributed by atoms with van der Waals surface area (Å²) in [5, 5.41) is 10.7. The van der Waals surface area contributed by atoms with Gasteiger partial charge in [0.15, 0.2) is 5.82 Å². The Bertz CT molecular complexity index is 2030. The second kappa shape index (κ2) is 10.1. The summed E-state index contributed by atoms with van der Waals surface area (Å²) in [7, 11) is 3.95. The quantitative estimate of drug-likeness (QED) is 0.247. The van der Waals surface area contributed by atoms with Gasteiger partial charge in [0.2, 0.25) is 5.95 Å². The molecule has 0 radical (unpaired) electrons. The molecule has 0 saturated carbocycles. The lowest BCUT2D eigenvalue weighted by atomic mass is 9.73. The summed E-state index contributed by atoms with van der Waals surface area (Å²) in [6.45, 7) is 5.46. The zero-order chi connectivity index (χ0) is 31.1. The van der Waals surface area contributed by atoms with Crippen LogP contribution < -0.4 is 21.3 Å². The summed E-state index contributed by atoms with van der Waals surface area (Å²) >= 11 is 7.78. The van der Waals surface area contributed by atoms with E-state index in [1.807, 2.05) is 37.1 Å². The third-order valence-corrected chi connectivity index (χ3v) is 10.2. The fraction of sp³-hybridized carbons (Fsp3) is 0.290. The highest BCUT2D eigenvalue weighted by Gasteiger charge is 2.51. The average Bonchev–Trinajstić information content (AvgIpc) is 3.31. The Morgan fingerprint density at radius 1 is 1.16 bits per heavy atom. The topological polar surface area (TPSA) is 124 Å². The Labute approximate surface area is 261 Å². The molecule has 1 atom stereocenters. The van der Waals surface area contributed by atoms with Gasteiger partial charge < -0.3 is 26.2 Å². The van der Waals surface area contributed by atoms with Crippen LogP contribution in [0, 0.1) is 28.4 Å². The van der Waals surface area contributed by atoms with Crippen LogP contribution in [-0.2, 0) is 0 Å². The second-order valence-corrected chi connectivity index (χ2v) is 13.3. The zero-order valence-electron chi connectivity index (χ0n) is 24.2. The van der Waals surface area contributed by atoms with Crippen molar-refractivity contribution in [2.24, 2.45) is 5.41 Å². The third kappa shape index (κ3) is 4.22. The number of nitrogen functional groups attached to an aromatic ring is 2. The SMILES string of the molecule is C[C@H](c1cccnc1N)N(C)c1nc(N2CC3(CN(C)C3)C2)nc2c(F)c(-c3ccc(F)c4sc(N)c(C#N)c34)c(Cl)cc12. The molecule has 9 nitrogen and oxygen atoms in total. The van der Waals surface area contributed by atoms with Crippen LogP contribution in [0.4, 0.5) is 31.4 Å². The number of thiophene rings is 1. The Morgan fingerprint density at radius 2 is 1.91 bits per heavy atom. The highest BCUT2D eigenvalue weighted by molar-refractivity contribution is 7.23. The summed E-state index contributed by atoms with van der Waals surface area (Å²) in [5.41, 5.74) is 13.7. The predicted molar refractivity (Wildman–Crippen MR) is 172 cm³/mol. The van der Waals surface area contributed by atoms with E-state index in [2.05, 4.69) is 21.8 Å². The Hall–Kier alpha value is -4.31. The minimum Gasteiger partial charge on any atom is -0.389 e. The molecule has 0 bridgehead atoms. The number of nitrogens with zero attached hydrogens (tertiary/aromatic N) is 7. The number of aromatic nitrogens is 3. The number of likely N-dealkylation sites (tertiary alicyclic amines) is 1. The molecule has 4 N–H and O–H groups in total. The normalized spacial score (nSPS) is 16.6. The first kappa shape index (κ1) is 28.5. The number of benzene rings is 2. The summed E-state index contributed by atoms with van der Waals surface area (Å²) < 4.78 is 31.9. The van der Waals surface area contributed by atoms with Crippen molar-refractivity contribution in [2.75, 3.05) is 61.5 Å². The van der Waals surface area contributed by atoms with Gasteiger partial charge in [-0.15, -0.1) is 11.3 Å². The molecule has 13 heteroatoms. The van der Waals surface area contributed by atoms with E-state index in [4.69, 9.17) is 33.0 Å². The van der Waals surface area contributed by atoms with E-state index < -0.39 is 11.6 Å². The molecular weight excluding hydrogens is 604 g/mol. The predicted octanol–water partition coefficient (Wildman–Crippen LogP) is 5.82. The molecule has 2 aromatic carbocycles. The van der Waals surface area contributed by atoms with Crippen molar-refractivity contribution in [2.45, 2.75) is 13.0 Å². The lowest BCUT2D eigenvalue weighted by Gasteiger charge is -2.59. The molecule has 0 unspecified atom stereocenters. The van der Waals surface area contributed by atoms with E-state index in [0.717, 1.165) is 43.1 Å². The van der Waals surface area contributed by atoms with Gasteiger partial charge in [0.25, 0.3) is 0 Å². The number of nitrogens with two attached hydrogens (primary N) is 2. The summed E-state index contributed by atoms with van der Waals surface area (Å²) in [6, 6.07) is 9.76. The molecule has 0 amide bonds. The van der Waals surface area contributed by atoms with Gasteiger partial charge in [-0.05, 0) is 37.7 Å². The molecule has 44 heavy (non-hydrogen) atoms. The van der Waals surface area contributed by atoms with Crippen molar-refractivity contribution in [3.8, 4) is 17.2 Å². The van der Waals surface area contributed by atoms with E-state index >= 15 is 4.39 Å². The third-order valence-electron chi connectivity index (χ3n) is 8.83. The van der Waals surface area contributed by atoms with Crippen molar-refractivity contribution < 1.29 is 8.78 Å². The van der Waals surface area contributed by atoms with E-state index in [1.54, 1.807) is 12.3 Å². The second-order valence-electron chi connectivity index (χ2n) is 11.8. The van der Waals surface area contributed by atoms with Crippen molar-refractivity contribution in [1.82, 2.24) is 19.9 Å². The van der Waals surface area contributed by atoms with Crippen LogP contribution in [0.3, 0.4) is 0 Å². The standard InChI is InChI=1S/C31H28ClF2N9S/c1-15(16-5-4-8-38-27(16)36)42(3)29-18-9-20(32)23(17-6-7-21(33)26-22(17)19(10-35)28(37)44-26)24(34)25(18)39-30(40-29)43-13-31(14-43)11-41(2)12-31/h4-9,15H,11-14,37H2,1-3H3,(H2,36,38)/t15-/m1/s1. The Kier molecular flexibility index (Phi) is 6.55. The maximum Gasteiger partial charge on any atom is 0.228 e. The molecule has 2 saturated heterocycles. The van der Waals surface area contributed by atoms with Crippen LogP contribution in [0.5, 0.6) is 0 Å². The van der Waals surface area contributed by atoms with E-state index in [0.29, 0.717) is 23.0 Å². The number of anilines is 4. The lowest BCUT2D eigenvalue weighted by Crippen LogP contribution is -2.71. The van der Waals surface area contributed by atoms with Crippen LogP contribution in [0.25, 0.3) is 32.1 Å². The van der Waals surface area contributed by atoms with Crippen molar-refractivity contribution >= 4 is 66.5 Å².